The Bertz CT molecular complexity index is 669. The molecule has 0 aromatic heterocycles. The van der Waals surface area contributed by atoms with E-state index in [-0.39, 0.29) is 12.5 Å². The highest BCUT2D eigenvalue weighted by molar-refractivity contribution is 5.79. The molecule has 0 radical (unpaired) electrons. The molecule has 2 rings (SSSR count). The van der Waals surface area contributed by atoms with Gasteiger partial charge >= 0.3 is 6.18 Å². The van der Waals surface area contributed by atoms with E-state index >= 15 is 0 Å². The molecule has 0 bridgehead atoms. The number of benzene rings is 2. The van der Waals surface area contributed by atoms with Gasteiger partial charge in [0.25, 0.3) is 0 Å². The first-order chi connectivity index (χ1) is 11.3. The van der Waals surface area contributed by atoms with Crippen molar-refractivity contribution in [2.75, 3.05) is 0 Å². The van der Waals surface area contributed by atoms with Crippen molar-refractivity contribution in [1.29, 1.82) is 0 Å². The second-order valence-corrected chi connectivity index (χ2v) is 5.64. The number of hydrogen-bond acceptors (Lipinski definition) is 2. The Morgan fingerprint density at radius 1 is 1.08 bits per heavy atom. The molecule has 128 valence electrons. The fraction of sp³-hybridized carbons (Fsp3) is 0.278. The highest BCUT2D eigenvalue weighted by Gasteiger charge is 2.30. The zero-order valence-electron chi connectivity index (χ0n) is 13.2. The van der Waals surface area contributed by atoms with Crippen molar-refractivity contribution in [2.24, 2.45) is 11.7 Å². The van der Waals surface area contributed by atoms with Gasteiger partial charge in [0, 0.05) is 12.6 Å². The maximum Gasteiger partial charge on any atom is 0.416 e. The molecule has 0 aliphatic rings. The highest BCUT2D eigenvalue weighted by Crippen LogP contribution is 2.29. The Morgan fingerprint density at radius 3 is 2.21 bits per heavy atom. The van der Waals surface area contributed by atoms with Crippen LogP contribution in [0.4, 0.5) is 13.2 Å². The molecule has 2 aromatic carbocycles. The molecule has 0 aliphatic carbocycles. The highest BCUT2D eigenvalue weighted by atomic mass is 19.4. The smallest absolute Gasteiger partial charge is 0.352 e. The van der Waals surface area contributed by atoms with Gasteiger partial charge in [0.2, 0.25) is 5.91 Å². The molecule has 6 heteroatoms. The summed E-state index contributed by atoms with van der Waals surface area (Å²) in [4.78, 5) is 12.2. The van der Waals surface area contributed by atoms with Gasteiger partial charge in [-0.05, 0) is 23.3 Å². The Labute approximate surface area is 138 Å². The normalized spacial score (nSPS) is 14.0. The topological polar surface area (TPSA) is 55.1 Å². The van der Waals surface area contributed by atoms with Gasteiger partial charge in [-0.15, -0.1) is 0 Å². The molecule has 2 atom stereocenters. The van der Waals surface area contributed by atoms with Crippen LogP contribution >= 0.6 is 0 Å². The predicted octanol–water partition coefficient (Wildman–Crippen LogP) is 3.66. The fourth-order valence-electron chi connectivity index (χ4n) is 2.29. The standard InChI is InChI=1S/C18H19F3N2O/c1-12(16(22)14-5-3-2-4-6-14)17(24)23-11-13-7-9-15(10-8-13)18(19,20)21/h2-10,12,16H,11,22H2,1H3,(H,23,24). The van der Waals surface area contributed by atoms with E-state index in [0.717, 1.165) is 17.7 Å². The zero-order valence-corrected chi connectivity index (χ0v) is 13.2. The Balaban J connectivity index is 1.93. The number of rotatable bonds is 5. The average molecular weight is 336 g/mol. The largest absolute Gasteiger partial charge is 0.416 e. The third-order valence-electron chi connectivity index (χ3n) is 3.88. The van der Waals surface area contributed by atoms with E-state index in [2.05, 4.69) is 5.32 Å². The summed E-state index contributed by atoms with van der Waals surface area (Å²) in [5, 5.41) is 2.71. The molecule has 3 N–H and O–H groups in total. The number of halogens is 3. The lowest BCUT2D eigenvalue weighted by molar-refractivity contribution is -0.137. The minimum atomic E-state index is -4.36. The van der Waals surface area contributed by atoms with Gasteiger partial charge in [0.05, 0.1) is 11.5 Å². The van der Waals surface area contributed by atoms with Crippen molar-refractivity contribution in [2.45, 2.75) is 25.7 Å². The van der Waals surface area contributed by atoms with Crippen molar-refractivity contribution in [3.8, 4) is 0 Å². The van der Waals surface area contributed by atoms with Gasteiger partial charge in [0.1, 0.15) is 0 Å². The molecule has 0 saturated heterocycles. The maximum atomic E-state index is 12.5. The van der Waals surface area contributed by atoms with Gasteiger partial charge < -0.3 is 11.1 Å². The molecular weight excluding hydrogens is 317 g/mol. The second kappa shape index (κ2) is 7.49. The number of carbonyl (C=O) groups is 1. The first-order valence-corrected chi connectivity index (χ1v) is 7.53. The van der Waals surface area contributed by atoms with Gasteiger partial charge in [-0.3, -0.25) is 4.79 Å². The van der Waals surface area contributed by atoms with E-state index in [1.807, 2.05) is 30.3 Å². The molecule has 24 heavy (non-hydrogen) atoms. The first kappa shape index (κ1) is 18.0. The molecule has 2 aromatic rings. The van der Waals surface area contributed by atoms with E-state index < -0.39 is 23.7 Å². The zero-order chi connectivity index (χ0) is 17.7. The monoisotopic (exact) mass is 336 g/mol. The van der Waals surface area contributed by atoms with E-state index in [9.17, 15) is 18.0 Å². The third kappa shape index (κ3) is 4.58. The van der Waals surface area contributed by atoms with Crippen molar-refractivity contribution in [3.63, 3.8) is 0 Å². The fourth-order valence-corrected chi connectivity index (χ4v) is 2.29. The molecule has 3 nitrogen and oxygen atoms in total. The maximum absolute atomic E-state index is 12.5. The lowest BCUT2D eigenvalue weighted by Gasteiger charge is -2.20. The molecule has 1 amide bonds. The lowest BCUT2D eigenvalue weighted by atomic mass is 9.94. The lowest BCUT2D eigenvalue weighted by Crippen LogP contribution is -2.35. The predicted molar refractivity (Wildman–Crippen MR) is 85.8 cm³/mol. The van der Waals surface area contributed by atoms with Crippen molar-refractivity contribution in [1.82, 2.24) is 5.32 Å². The summed E-state index contributed by atoms with van der Waals surface area (Å²) >= 11 is 0. The number of carbonyl (C=O) groups excluding carboxylic acids is 1. The third-order valence-corrected chi connectivity index (χ3v) is 3.88. The Morgan fingerprint density at radius 2 is 1.67 bits per heavy atom. The van der Waals surface area contributed by atoms with E-state index in [1.54, 1.807) is 6.92 Å². The molecule has 0 heterocycles. The van der Waals surface area contributed by atoms with Crippen LogP contribution in [0.15, 0.2) is 54.6 Å². The van der Waals surface area contributed by atoms with Crippen LogP contribution in [0, 0.1) is 5.92 Å². The van der Waals surface area contributed by atoms with Crippen LogP contribution in [0.3, 0.4) is 0 Å². The Kier molecular flexibility index (Phi) is 5.62. The van der Waals surface area contributed by atoms with Crippen LogP contribution in [0.1, 0.15) is 29.7 Å². The van der Waals surface area contributed by atoms with E-state index in [0.29, 0.717) is 5.56 Å². The number of alkyl halides is 3. The molecule has 0 saturated carbocycles. The molecular formula is C18H19F3N2O. The quantitative estimate of drug-likeness (QED) is 0.875. The van der Waals surface area contributed by atoms with Gasteiger partial charge in [-0.25, -0.2) is 0 Å². The minimum Gasteiger partial charge on any atom is -0.352 e. The van der Waals surface area contributed by atoms with Gasteiger partial charge in [0.15, 0.2) is 0 Å². The van der Waals surface area contributed by atoms with Crippen LogP contribution in [0.25, 0.3) is 0 Å². The summed E-state index contributed by atoms with van der Waals surface area (Å²) in [7, 11) is 0. The van der Waals surface area contributed by atoms with E-state index in [4.69, 9.17) is 5.73 Å². The summed E-state index contributed by atoms with van der Waals surface area (Å²) in [5.41, 5.74) is 6.83. The molecule has 0 spiro atoms. The van der Waals surface area contributed by atoms with Gasteiger partial charge in [-0.2, -0.15) is 13.2 Å². The SMILES string of the molecule is CC(C(=O)NCc1ccc(C(F)(F)F)cc1)C(N)c1ccccc1. The second-order valence-electron chi connectivity index (χ2n) is 5.64. The molecule has 2 unspecified atom stereocenters. The van der Waals surface area contributed by atoms with Crippen LogP contribution in [0.5, 0.6) is 0 Å². The van der Waals surface area contributed by atoms with Crippen molar-refractivity contribution >= 4 is 5.91 Å². The summed E-state index contributed by atoms with van der Waals surface area (Å²) in [6.07, 6.45) is -4.36. The van der Waals surface area contributed by atoms with Crippen LogP contribution < -0.4 is 11.1 Å². The van der Waals surface area contributed by atoms with Crippen molar-refractivity contribution in [3.05, 3.63) is 71.3 Å². The van der Waals surface area contributed by atoms with Gasteiger partial charge in [-0.1, -0.05) is 49.4 Å². The molecule has 0 aliphatic heterocycles. The van der Waals surface area contributed by atoms with Crippen LogP contribution in [0.2, 0.25) is 0 Å². The minimum absolute atomic E-state index is 0.156. The number of nitrogens with two attached hydrogens (primary N) is 1. The average Bonchev–Trinajstić information content (AvgIpc) is 2.58. The summed E-state index contributed by atoms with van der Waals surface area (Å²) in [6, 6.07) is 13.5. The Hall–Kier alpha value is -2.34. The summed E-state index contributed by atoms with van der Waals surface area (Å²) in [6.45, 7) is 1.88. The summed E-state index contributed by atoms with van der Waals surface area (Å²) in [5.74, 6) is -0.701. The van der Waals surface area contributed by atoms with Crippen molar-refractivity contribution < 1.29 is 18.0 Å². The molecule has 0 fully saturated rings. The number of amides is 1. The van der Waals surface area contributed by atoms with Crippen LogP contribution in [-0.4, -0.2) is 5.91 Å². The van der Waals surface area contributed by atoms with E-state index in [1.165, 1.54) is 12.1 Å². The number of nitrogens with one attached hydrogen (secondary N) is 1. The summed E-state index contributed by atoms with van der Waals surface area (Å²) < 4.78 is 37.5. The van der Waals surface area contributed by atoms with Crippen LogP contribution in [-0.2, 0) is 17.5 Å². The number of hydrogen-bond donors (Lipinski definition) is 2. The first-order valence-electron chi connectivity index (χ1n) is 7.53.